The van der Waals surface area contributed by atoms with Crippen LogP contribution in [-0.2, 0) is 4.79 Å². The van der Waals surface area contributed by atoms with Crippen LogP contribution in [0.1, 0.15) is 16.1 Å². The topological polar surface area (TPSA) is 107 Å². The summed E-state index contributed by atoms with van der Waals surface area (Å²) < 4.78 is 39.0. The summed E-state index contributed by atoms with van der Waals surface area (Å²) in [6.07, 6.45) is 1.49. The number of hydrogen-bond donors (Lipinski definition) is 1. The molecule has 0 spiro atoms. The van der Waals surface area contributed by atoms with Crippen molar-refractivity contribution in [2.24, 2.45) is 0 Å². The van der Waals surface area contributed by atoms with Crippen LogP contribution in [0.15, 0.2) is 50.7 Å². The molecule has 3 aromatic rings. The summed E-state index contributed by atoms with van der Waals surface area (Å²) in [5, 5.41) is 10.0. The number of benzene rings is 1. The fraction of sp³-hybridized carbons (Fsp3) is 0.176. The second kappa shape index (κ2) is 8.65. The zero-order valence-corrected chi connectivity index (χ0v) is 15.2. The number of nitrogens with one attached hydrogen (secondary N) is 1. The first-order chi connectivity index (χ1) is 13.4. The van der Waals surface area contributed by atoms with Gasteiger partial charge in [-0.25, -0.2) is 0 Å². The van der Waals surface area contributed by atoms with Crippen LogP contribution in [0.4, 0.5) is 8.78 Å². The molecule has 8 nitrogen and oxygen atoms in total. The summed E-state index contributed by atoms with van der Waals surface area (Å²) in [7, 11) is 0. The molecule has 0 radical (unpaired) electrons. The Balaban J connectivity index is 1.51. The van der Waals surface area contributed by atoms with Crippen LogP contribution in [0.3, 0.4) is 0 Å². The van der Waals surface area contributed by atoms with Gasteiger partial charge in [-0.15, -0.1) is 10.2 Å². The third-order valence-electron chi connectivity index (χ3n) is 3.42. The molecule has 0 fully saturated rings. The fourth-order valence-corrected chi connectivity index (χ4v) is 2.70. The molecule has 0 atom stereocenters. The first-order valence-electron chi connectivity index (χ1n) is 7.82. The number of rotatable bonds is 7. The zero-order chi connectivity index (χ0) is 20.1. The molecule has 2 amide bonds. The quantitative estimate of drug-likeness (QED) is 0.593. The van der Waals surface area contributed by atoms with Crippen LogP contribution in [-0.4, -0.2) is 34.4 Å². The summed E-state index contributed by atoms with van der Waals surface area (Å²) in [5.41, 5.74) is 0.772. The Morgan fingerprint density at radius 1 is 1.21 bits per heavy atom. The van der Waals surface area contributed by atoms with E-state index in [2.05, 4.69) is 20.3 Å². The number of furan rings is 1. The largest absolute Gasteiger partial charge is 0.469 e. The molecule has 0 saturated heterocycles. The van der Waals surface area contributed by atoms with Crippen LogP contribution in [0.25, 0.3) is 11.5 Å². The lowest BCUT2D eigenvalue weighted by Gasteiger charge is -2.06. The van der Waals surface area contributed by atoms with Crippen LogP contribution in [0.5, 0.6) is 5.75 Å². The van der Waals surface area contributed by atoms with E-state index in [4.69, 9.17) is 8.83 Å². The minimum absolute atomic E-state index is 0.0894. The monoisotopic (exact) mass is 409 g/mol. The van der Waals surface area contributed by atoms with Crippen molar-refractivity contribution in [3.63, 3.8) is 0 Å². The van der Waals surface area contributed by atoms with E-state index in [1.807, 2.05) is 0 Å². The van der Waals surface area contributed by atoms with Crippen molar-refractivity contribution in [1.82, 2.24) is 15.5 Å². The van der Waals surface area contributed by atoms with Crippen molar-refractivity contribution in [1.29, 1.82) is 0 Å². The minimum atomic E-state index is -2.96. The van der Waals surface area contributed by atoms with Crippen molar-refractivity contribution in [3.8, 4) is 17.2 Å². The Kier molecular flexibility index (Phi) is 6.04. The Labute approximate surface area is 161 Å². The number of aromatic nitrogens is 2. The summed E-state index contributed by atoms with van der Waals surface area (Å²) in [5.74, 6) is -0.598. The second-order valence-corrected chi connectivity index (χ2v) is 6.26. The van der Waals surface area contributed by atoms with Gasteiger partial charge >= 0.3 is 6.61 Å². The van der Waals surface area contributed by atoms with E-state index in [9.17, 15) is 18.4 Å². The van der Waals surface area contributed by atoms with Crippen molar-refractivity contribution >= 4 is 23.6 Å². The summed E-state index contributed by atoms with van der Waals surface area (Å²) in [4.78, 5) is 23.9. The van der Waals surface area contributed by atoms with Gasteiger partial charge < -0.3 is 13.6 Å². The third kappa shape index (κ3) is 4.94. The van der Waals surface area contributed by atoms with Gasteiger partial charge in [0.1, 0.15) is 11.5 Å². The number of amides is 2. The maximum absolute atomic E-state index is 12.1. The molecule has 1 N–H and O–H groups in total. The molecule has 3 rings (SSSR count). The van der Waals surface area contributed by atoms with Crippen LogP contribution in [0, 0.1) is 6.92 Å². The average molecular weight is 409 g/mol. The molecule has 0 unspecified atom stereocenters. The highest BCUT2D eigenvalue weighted by Crippen LogP contribution is 2.26. The van der Waals surface area contributed by atoms with E-state index < -0.39 is 18.4 Å². The van der Waals surface area contributed by atoms with Gasteiger partial charge in [-0.3, -0.25) is 14.9 Å². The van der Waals surface area contributed by atoms with E-state index in [1.54, 1.807) is 13.0 Å². The highest BCUT2D eigenvalue weighted by atomic mass is 32.2. The molecule has 11 heteroatoms. The van der Waals surface area contributed by atoms with Gasteiger partial charge in [-0.1, -0.05) is 11.8 Å². The summed E-state index contributed by atoms with van der Waals surface area (Å²) in [6, 6.07) is 6.63. The molecule has 0 aliphatic heterocycles. The number of thioether (sulfide) groups is 1. The molecule has 0 aliphatic rings. The second-order valence-electron chi connectivity index (χ2n) is 5.33. The molecular weight excluding hydrogens is 396 g/mol. The van der Waals surface area contributed by atoms with Crippen molar-refractivity contribution in [2.75, 3.05) is 5.75 Å². The lowest BCUT2D eigenvalue weighted by atomic mass is 10.2. The fourth-order valence-electron chi connectivity index (χ4n) is 2.13. The van der Waals surface area contributed by atoms with Gasteiger partial charge in [-0.05, 0) is 37.3 Å². The molecule has 2 aromatic heterocycles. The van der Waals surface area contributed by atoms with Gasteiger partial charge in [0.05, 0.1) is 17.6 Å². The SMILES string of the molecule is Cc1occc1-c1nnc(SCC(=O)NC(=O)c2ccc(OC(F)F)cc2)o1. The van der Waals surface area contributed by atoms with Gasteiger partial charge in [-0.2, -0.15) is 8.78 Å². The summed E-state index contributed by atoms with van der Waals surface area (Å²) >= 11 is 0.960. The minimum Gasteiger partial charge on any atom is -0.469 e. The molecule has 28 heavy (non-hydrogen) atoms. The van der Waals surface area contributed by atoms with E-state index in [-0.39, 0.29) is 28.2 Å². The Morgan fingerprint density at radius 2 is 1.96 bits per heavy atom. The van der Waals surface area contributed by atoms with Crippen molar-refractivity contribution in [2.45, 2.75) is 18.8 Å². The maximum Gasteiger partial charge on any atom is 0.387 e. The number of nitrogens with zero attached hydrogens (tertiary/aromatic N) is 2. The highest BCUT2D eigenvalue weighted by Gasteiger charge is 2.16. The molecule has 146 valence electrons. The van der Waals surface area contributed by atoms with Crippen molar-refractivity contribution in [3.05, 3.63) is 47.9 Å². The number of ether oxygens (including phenoxy) is 1. The predicted molar refractivity (Wildman–Crippen MR) is 93.0 cm³/mol. The zero-order valence-electron chi connectivity index (χ0n) is 14.3. The van der Waals surface area contributed by atoms with E-state index in [1.165, 1.54) is 30.5 Å². The summed E-state index contributed by atoms with van der Waals surface area (Å²) in [6.45, 7) is -1.21. The number of halogens is 2. The van der Waals surface area contributed by atoms with Gasteiger partial charge in [0.25, 0.3) is 17.0 Å². The Bertz CT molecular complexity index is 971. The highest BCUT2D eigenvalue weighted by molar-refractivity contribution is 7.99. The van der Waals surface area contributed by atoms with Gasteiger partial charge in [0.2, 0.25) is 5.91 Å². The van der Waals surface area contributed by atoms with Gasteiger partial charge in [0.15, 0.2) is 0 Å². The number of aryl methyl sites for hydroxylation is 1. The first kappa shape index (κ1) is 19.5. The smallest absolute Gasteiger partial charge is 0.387 e. The number of carbonyl (C=O) groups is 2. The van der Waals surface area contributed by atoms with E-state index in [0.29, 0.717) is 11.3 Å². The predicted octanol–water partition coefficient (Wildman–Crippen LogP) is 3.29. The Hall–Kier alpha value is -3.21. The molecule has 0 bridgehead atoms. The number of imide groups is 1. The third-order valence-corrected chi connectivity index (χ3v) is 4.24. The molecular formula is C17H13F2N3O5S. The number of hydrogen-bond acceptors (Lipinski definition) is 8. The van der Waals surface area contributed by atoms with Crippen molar-refractivity contribution < 1.29 is 31.9 Å². The maximum atomic E-state index is 12.1. The first-order valence-corrected chi connectivity index (χ1v) is 8.81. The lowest BCUT2D eigenvalue weighted by Crippen LogP contribution is -2.31. The van der Waals surface area contributed by atoms with Gasteiger partial charge in [0, 0.05) is 5.56 Å². The molecule has 0 saturated carbocycles. The van der Waals surface area contributed by atoms with E-state index >= 15 is 0 Å². The lowest BCUT2D eigenvalue weighted by molar-refractivity contribution is -0.117. The van der Waals surface area contributed by atoms with Crippen LogP contribution >= 0.6 is 11.8 Å². The molecule has 0 aliphatic carbocycles. The standard InChI is InChI=1S/C17H13F2N3O5S/c1-9-12(6-7-25-9)15-21-22-17(27-15)28-8-13(23)20-14(24)10-2-4-11(5-3-10)26-16(18)19/h2-7,16H,8H2,1H3,(H,20,23,24). The van der Waals surface area contributed by atoms with E-state index in [0.717, 1.165) is 11.8 Å². The number of carbonyl (C=O) groups excluding carboxylic acids is 2. The normalized spacial score (nSPS) is 10.9. The van der Waals surface area contributed by atoms with Crippen LogP contribution in [0.2, 0.25) is 0 Å². The molecule has 1 aromatic carbocycles. The Morgan fingerprint density at radius 3 is 2.61 bits per heavy atom. The number of alkyl halides is 2. The average Bonchev–Trinajstić information content (AvgIpc) is 3.28. The van der Waals surface area contributed by atoms with Crippen LogP contribution < -0.4 is 10.1 Å². The molecule has 2 heterocycles.